The Hall–Kier alpha value is -0.450. The summed E-state index contributed by atoms with van der Waals surface area (Å²) in [4.78, 5) is 0. The van der Waals surface area contributed by atoms with Crippen LogP contribution in [0.15, 0.2) is 22.7 Å². The van der Waals surface area contributed by atoms with Crippen LogP contribution >= 0.6 is 15.9 Å². The number of halogens is 2. The summed E-state index contributed by atoms with van der Waals surface area (Å²) < 4.78 is 19.9. The Morgan fingerprint density at radius 1 is 1.56 bits per heavy atom. The maximum absolute atomic E-state index is 13.7. The Kier molecular flexibility index (Phi) is 4.47. The molecule has 0 aliphatic heterocycles. The van der Waals surface area contributed by atoms with E-state index in [1.807, 2.05) is 13.8 Å². The highest BCUT2D eigenvalue weighted by atomic mass is 79.9. The average Bonchev–Trinajstić information content (AvgIpc) is 2.30. The molecule has 0 saturated heterocycles. The molecule has 2 nitrogen and oxygen atoms in total. The van der Waals surface area contributed by atoms with Crippen molar-refractivity contribution in [1.82, 2.24) is 0 Å². The molecule has 1 aromatic carbocycles. The van der Waals surface area contributed by atoms with E-state index >= 15 is 0 Å². The first-order chi connectivity index (χ1) is 7.44. The fraction of sp³-hybridized carbons (Fsp3) is 0.500. The highest BCUT2D eigenvalue weighted by molar-refractivity contribution is 9.10. The molecule has 90 valence electrons. The van der Waals surface area contributed by atoms with Crippen LogP contribution in [0.5, 0.6) is 0 Å². The molecule has 0 fully saturated rings. The SMILES string of the molecule is CCC(C)(OC)C(N)c1cc(Br)ccc1F. The Labute approximate surface area is 104 Å². The topological polar surface area (TPSA) is 35.2 Å². The Balaban J connectivity index is 3.12. The third kappa shape index (κ3) is 2.62. The Morgan fingerprint density at radius 3 is 2.69 bits per heavy atom. The molecule has 0 heterocycles. The Morgan fingerprint density at radius 2 is 2.19 bits per heavy atom. The van der Waals surface area contributed by atoms with Crippen molar-refractivity contribution in [3.05, 3.63) is 34.1 Å². The lowest BCUT2D eigenvalue weighted by Crippen LogP contribution is -2.40. The van der Waals surface area contributed by atoms with E-state index in [2.05, 4.69) is 15.9 Å². The molecule has 1 rings (SSSR count). The van der Waals surface area contributed by atoms with Gasteiger partial charge < -0.3 is 10.5 Å². The van der Waals surface area contributed by atoms with E-state index in [0.29, 0.717) is 5.56 Å². The molecule has 1 aromatic rings. The summed E-state index contributed by atoms with van der Waals surface area (Å²) >= 11 is 3.31. The number of rotatable bonds is 4. The summed E-state index contributed by atoms with van der Waals surface area (Å²) in [7, 11) is 1.60. The molecule has 0 aromatic heterocycles. The summed E-state index contributed by atoms with van der Waals surface area (Å²) in [6, 6.07) is 4.28. The number of hydrogen-bond donors (Lipinski definition) is 1. The summed E-state index contributed by atoms with van der Waals surface area (Å²) in [5, 5.41) is 0. The molecule has 0 radical (unpaired) electrons. The molecule has 4 heteroatoms. The Bertz CT molecular complexity index is 366. The summed E-state index contributed by atoms with van der Waals surface area (Å²) in [5.41, 5.74) is 6.00. The van der Waals surface area contributed by atoms with Crippen molar-refractivity contribution in [2.24, 2.45) is 5.73 Å². The van der Waals surface area contributed by atoms with Crippen LogP contribution in [-0.4, -0.2) is 12.7 Å². The van der Waals surface area contributed by atoms with Gasteiger partial charge in [0.1, 0.15) is 5.82 Å². The lowest BCUT2D eigenvalue weighted by Gasteiger charge is -2.33. The minimum absolute atomic E-state index is 0.299. The standard InChI is InChI=1S/C12H17BrFNO/c1-4-12(2,16-3)11(15)9-7-8(13)5-6-10(9)14/h5-7,11H,4,15H2,1-3H3. The molecule has 0 amide bonds. The normalized spacial score (nSPS) is 16.9. The van der Waals surface area contributed by atoms with Crippen molar-refractivity contribution in [2.75, 3.05) is 7.11 Å². The quantitative estimate of drug-likeness (QED) is 0.922. The van der Waals surface area contributed by atoms with Crippen LogP contribution in [0.2, 0.25) is 0 Å². The maximum Gasteiger partial charge on any atom is 0.128 e. The van der Waals surface area contributed by atoms with E-state index in [-0.39, 0.29) is 5.82 Å². The molecule has 2 unspecified atom stereocenters. The van der Waals surface area contributed by atoms with Gasteiger partial charge in [0.25, 0.3) is 0 Å². The minimum atomic E-state index is -0.554. The van der Waals surface area contributed by atoms with Crippen molar-refractivity contribution in [1.29, 1.82) is 0 Å². The van der Waals surface area contributed by atoms with E-state index in [1.54, 1.807) is 19.2 Å². The van der Waals surface area contributed by atoms with Crippen LogP contribution < -0.4 is 5.73 Å². The average molecular weight is 290 g/mol. The molecular weight excluding hydrogens is 273 g/mol. The van der Waals surface area contributed by atoms with Crippen molar-refractivity contribution in [3.8, 4) is 0 Å². The fourth-order valence-corrected chi connectivity index (χ4v) is 1.95. The molecule has 0 aliphatic rings. The number of nitrogens with two attached hydrogens (primary N) is 1. The largest absolute Gasteiger partial charge is 0.377 e. The third-order valence-corrected chi connectivity index (χ3v) is 3.61. The first kappa shape index (κ1) is 13.6. The lowest BCUT2D eigenvalue weighted by atomic mass is 9.88. The van der Waals surface area contributed by atoms with E-state index < -0.39 is 11.6 Å². The van der Waals surface area contributed by atoms with Crippen LogP contribution in [0.25, 0.3) is 0 Å². The molecule has 0 spiro atoms. The number of methoxy groups -OCH3 is 1. The smallest absolute Gasteiger partial charge is 0.128 e. The van der Waals surface area contributed by atoms with E-state index in [9.17, 15) is 4.39 Å². The molecule has 16 heavy (non-hydrogen) atoms. The fourth-order valence-electron chi connectivity index (χ4n) is 1.57. The highest BCUT2D eigenvalue weighted by Gasteiger charge is 2.32. The van der Waals surface area contributed by atoms with Gasteiger partial charge in [-0.1, -0.05) is 22.9 Å². The minimum Gasteiger partial charge on any atom is -0.377 e. The first-order valence-corrected chi connectivity index (χ1v) is 5.99. The summed E-state index contributed by atoms with van der Waals surface area (Å²) in [6.07, 6.45) is 0.719. The van der Waals surface area contributed by atoms with Crippen molar-refractivity contribution < 1.29 is 9.13 Å². The second-order valence-electron chi connectivity index (χ2n) is 4.01. The molecule has 0 aliphatic carbocycles. The van der Waals surface area contributed by atoms with E-state index in [1.165, 1.54) is 6.07 Å². The predicted octanol–water partition coefficient (Wildman–Crippen LogP) is 3.40. The lowest BCUT2D eigenvalue weighted by molar-refractivity contribution is -0.0202. The predicted molar refractivity (Wildman–Crippen MR) is 66.7 cm³/mol. The molecule has 2 atom stereocenters. The highest BCUT2D eigenvalue weighted by Crippen LogP contribution is 2.32. The number of benzene rings is 1. The van der Waals surface area contributed by atoms with Gasteiger partial charge in [-0.25, -0.2) is 4.39 Å². The van der Waals surface area contributed by atoms with Gasteiger partial charge in [0.15, 0.2) is 0 Å². The van der Waals surface area contributed by atoms with Crippen molar-refractivity contribution >= 4 is 15.9 Å². The third-order valence-electron chi connectivity index (χ3n) is 3.12. The van der Waals surface area contributed by atoms with E-state index in [4.69, 9.17) is 10.5 Å². The zero-order valence-electron chi connectivity index (χ0n) is 9.76. The van der Waals surface area contributed by atoms with Crippen molar-refractivity contribution in [2.45, 2.75) is 31.9 Å². The van der Waals surface area contributed by atoms with Crippen LogP contribution in [-0.2, 0) is 4.74 Å². The van der Waals surface area contributed by atoms with Crippen LogP contribution in [0, 0.1) is 5.82 Å². The van der Waals surface area contributed by atoms with Crippen molar-refractivity contribution in [3.63, 3.8) is 0 Å². The molecule has 0 bridgehead atoms. The molecular formula is C12H17BrFNO. The number of hydrogen-bond acceptors (Lipinski definition) is 2. The number of ether oxygens (including phenoxy) is 1. The van der Waals surface area contributed by atoms with Gasteiger partial charge in [0.05, 0.1) is 11.6 Å². The van der Waals surface area contributed by atoms with Gasteiger partial charge in [0.2, 0.25) is 0 Å². The summed E-state index contributed by atoms with van der Waals surface area (Å²) in [6.45, 7) is 3.86. The molecule has 2 N–H and O–H groups in total. The molecule has 0 saturated carbocycles. The van der Waals surface area contributed by atoms with Gasteiger partial charge >= 0.3 is 0 Å². The van der Waals surface area contributed by atoms with Gasteiger partial charge in [-0.15, -0.1) is 0 Å². The first-order valence-electron chi connectivity index (χ1n) is 5.20. The second kappa shape index (κ2) is 5.25. The van der Waals surface area contributed by atoms with E-state index in [0.717, 1.165) is 10.9 Å². The van der Waals surface area contributed by atoms with Gasteiger partial charge in [-0.2, -0.15) is 0 Å². The van der Waals surface area contributed by atoms with Crippen LogP contribution in [0.4, 0.5) is 4.39 Å². The van der Waals surface area contributed by atoms with Crippen LogP contribution in [0.3, 0.4) is 0 Å². The zero-order chi connectivity index (χ0) is 12.3. The monoisotopic (exact) mass is 289 g/mol. The van der Waals surface area contributed by atoms with Gasteiger partial charge in [0, 0.05) is 17.1 Å². The zero-order valence-corrected chi connectivity index (χ0v) is 11.3. The van der Waals surface area contributed by atoms with Gasteiger partial charge in [-0.3, -0.25) is 0 Å². The summed E-state index contributed by atoms with van der Waals surface area (Å²) in [5.74, 6) is -0.299. The van der Waals surface area contributed by atoms with Crippen LogP contribution in [0.1, 0.15) is 31.9 Å². The second-order valence-corrected chi connectivity index (χ2v) is 4.93. The van der Waals surface area contributed by atoms with Gasteiger partial charge in [-0.05, 0) is 31.5 Å². The maximum atomic E-state index is 13.7.